The van der Waals surface area contributed by atoms with E-state index in [-0.39, 0.29) is 11.8 Å². The van der Waals surface area contributed by atoms with E-state index < -0.39 is 11.6 Å². The Labute approximate surface area is 163 Å². The molecule has 6 nitrogen and oxygen atoms in total. The maximum atomic E-state index is 12.9. The number of nitrogens with one attached hydrogen (secondary N) is 2. The fourth-order valence-corrected chi connectivity index (χ4v) is 5.57. The van der Waals surface area contributed by atoms with Crippen LogP contribution in [0.3, 0.4) is 0 Å². The minimum absolute atomic E-state index is 0.317. The highest BCUT2D eigenvalue weighted by Gasteiger charge is 2.53. The number of aryl methyl sites for hydroxylation is 2. The monoisotopic (exact) mass is 389 g/mol. The Balaban J connectivity index is 1.47. The van der Waals surface area contributed by atoms with Crippen LogP contribution in [0.5, 0.6) is 0 Å². The van der Waals surface area contributed by atoms with E-state index in [1.807, 2.05) is 6.07 Å². The molecule has 27 heavy (non-hydrogen) atoms. The number of carbonyl (C=O) groups is 3. The minimum Gasteiger partial charge on any atom is -0.322 e. The standard InChI is InChI=1S/C20H27N3O3S/c1-13-8-10-20(11-9-13)18(25)23(19(26)21-20)22-17(24)16-12-14-6-4-2-3-5-7-15(14)27-16/h12-13H,2-11H2,1H3,(H,21,26)(H,22,24). The van der Waals surface area contributed by atoms with Gasteiger partial charge in [0.05, 0.1) is 4.88 Å². The summed E-state index contributed by atoms with van der Waals surface area (Å²) in [6.45, 7) is 2.16. The first-order valence-electron chi connectivity index (χ1n) is 10.1. The topological polar surface area (TPSA) is 78.5 Å². The van der Waals surface area contributed by atoms with E-state index in [0.717, 1.165) is 43.5 Å². The molecule has 2 heterocycles. The van der Waals surface area contributed by atoms with Crippen LogP contribution >= 0.6 is 11.3 Å². The first kappa shape index (κ1) is 18.5. The second kappa shape index (κ2) is 7.26. The number of hydrogen-bond donors (Lipinski definition) is 2. The van der Waals surface area contributed by atoms with Gasteiger partial charge in [-0.3, -0.25) is 15.0 Å². The zero-order valence-electron chi connectivity index (χ0n) is 15.8. The summed E-state index contributed by atoms with van der Waals surface area (Å²) >= 11 is 1.50. The van der Waals surface area contributed by atoms with Crippen LogP contribution in [0, 0.1) is 5.92 Å². The fraction of sp³-hybridized carbons (Fsp3) is 0.650. The molecular formula is C20H27N3O3S. The van der Waals surface area contributed by atoms with Crippen LogP contribution in [0.15, 0.2) is 6.07 Å². The summed E-state index contributed by atoms with van der Waals surface area (Å²) in [5.41, 5.74) is 2.98. The van der Waals surface area contributed by atoms with Crippen LogP contribution in [0.25, 0.3) is 0 Å². The number of rotatable bonds is 2. The van der Waals surface area contributed by atoms with Crippen molar-refractivity contribution >= 4 is 29.2 Å². The molecule has 0 bridgehead atoms. The highest BCUT2D eigenvalue weighted by Crippen LogP contribution is 2.36. The predicted octanol–water partition coefficient (Wildman–Crippen LogP) is 3.55. The molecular weight excluding hydrogens is 362 g/mol. The lowest BCUT2D eigenvalue weighted by atomic mass is 9.77. The quantitative estimate of drug-likeness (QED) is 0.759. The van der Waals surface area contributed by atoms with Crippen molar-refractivity contribution in [1.29, 1.82) is 0 Å². The molecule has 3 aliphatic rings. The summed E-state index contributed by atoms with van der Waals surface area (Å²) in [7, 11) is 0. The van der Waals surface area contributed by atoms with Crippen molar-refractivity contribution < 1.29 is 14.4 Å². The normalized spacial score (nSPS) is 28.5. The van der Waals surface area contributed by atoms with E-state index in [1.165, 1.54) is 34.6 Å². The summed E-state index contributed by atoms with van der Waals surface area (Å²) in [6, 6.07) is 1.43. The third-order valence-electron chi connectivity index (χ3n) is 6.22. The first-order valence-corrected chi connectivity index (χ1v) is 10.9. The lowest BCUT2D eigenvalue weighted by Gasteiger charge is -2.33. The fourth-order valence-electron chi connectivity index (χ4n) is 4.43. The van der Waals surface area contributed by atoms with Crippen LogP contribution in [0.1, 0.15) is 78.4 Å². The average molecular weight is 390 g/mol. The number of hydrazine groups is 1. The van der Waals surface area contributed by atoms with Gasteiger partial charge in [0.2, 0.25) is 0 Å². The van der Waals surface area contributed by atoms with Gasteiger partial charge in [0, 0.05) is 4.88 Å². The Morgan fingerprint density at radius 3 is 2.63 bits per heavy atom. The summed E-state index contributed by atoms with van der Waals surface area (Å²) in [4.78, 5) is 39.8. The van der Waals surface area contributed by atoms with Crippen LogP contribution in [-0.4, -0.2) is 28.4 Å². The van der Waals surface area contributed by atoms with E-state index >= 15 is 0 Å². The van der Waals surface area contributed by atoms with E-state index in [2.05, 4.69) is 17.7 Å². The second-order valence-electron chi connectivity index (χ2n) is 8.25. The molecule has 1 aliphatic heterocycles. The zero-order chi connectivity index (χ0) is 19.0. The Bertz CT molecular complexity index is 739. The second-order valence-corrected chi connectivity index (χ2v) is 9.39. The van der Waals surface area contributed by atoms with Crippen molar-refractivity contribution in [3.8, 4) is 0 Å². The Hall–Kier alpha value is -1.89. The van der Waals surface area contributed by atoms with Crippen LogP contribution in [0.2, 0.25) is 0 Å². The third kappa shape index (κ3) is 3.49. The molecule has 2 fully saturated rings. The van der Waals surface area contributed by atoms with Crippen molar-refractivity contribution in [3.05, 3.63) is 21.4 Å². The molecule has 0 atom stereocenters. The number of carbonyl (C=O) groups excluding carboxylic acids is 3. The first-order chi connectivity index (χ1) is 13.0. The number of amides is 4. The lowest BCUT2D eigenvalue weighted by Crippen LogP contribution is -2.51. The average Bonchev–Trinajstić information content (AvgIpc) is 3.12. The number of thiophene rings is 1. The number of imide groups is 1. The van der Waals surface area contributed by atoms with E-state index in [4.69, 9.17) is 0 Å². The molecule has 7 heteroatoms. The largest absolute Gasteiger partial charge is 0.344 e. The smallest absolute Gasteiger partial charge is 0.322 e. The van der Waals surface area contributed by atoms with Gasteiger partial charge < -0.3 is 5.32 Å². The number of urea groups is 1. The summed E-state index contributed by atoms with van der Waals surface area (Å²) in [5, 5.41) is 3.74. The zero-order valence-corrected chi connectivity index (χ0v) is 16.6. The van der Waals surface area contributed by atoms with Gasteiger partial charge in [-0.1, -0.05) is 19.8 Å². The molecule has 0 radical (unpaired) electrons. The molecule has 4 rings (SSSR count). The molecule has 2 aliphatic carbocycles. The number of fused-ring (bicyclic) bond motifs is 1. The summed E-state index contributed by atoms with van der Waals surface area (Å²) in [5.74, 6) is -0.117. The van der Waals surface area contributed by atoms with Crippen molar-refractivity contribution in [2.75, 3.05) is 0 Å². The van der Waals surface area contributed by atoms with Crippen LogP contribution in [0.4, 0.5) is 4.79 Å². The molecule has 0 aromatic carbocycles. The molecule has 0 unspecified atom stereocenters. The molecule has 2 N–H and O–H groups in total. The summed E-state index contributed by atoms with van der Waals surface area (Å²) < 4.78 is 0. The van der Waals surface area contributed by atoms with E-state index in [0.29, 0.717) is 23.6 Å². The molecule has 1 saturated carbocycles. The van der Waals surface area contributed by atoms with Gasteiger partial charge in [-0.15, -0.1) is 11.3 Å². The molecule has 1 aromatic rings. The highest BCUT2D eigenvalue weighted by atomic mass is 32.1. The SMILES string of the molecule is CC1CCC2(CC1)NC(=O)N(NC(=O)c1cc3c(s1)CCCCCC3)C2=O. The van der Waals surface area contributed by atoms with Crippen LogP contribution < -0.4 is 10.7 Å². The van der Waals surface area contributed by atoms with E-state index in [1.54, 1.807) is 0 Å². The van der Waals surface area contributed by atoms with Gasteiger partial charge in [0.15, 0.2) is 0 Å². The maximum absolute atomic E-state index is 12.9. The molecule has 146 valence electrons. The van der Waals surface area contributed by atoms with Gasteiger partial charge in [-0.05, 0) is 68.9 Å². The Morgan fingerprint density at radius 2 is 1.89 bits per heavy atom. The lowest BCUT2D eigenvalue weighted by molar-refractivity contribution is -0.134. The maximum Gasteiger partial charge on any atom is 0.344 e. The minimum atomic E-state index is -0.832. The molecule has 1 saturated heterocycles. The van der Waals surface area contributed by atoms with Gasteiger partial charge in [-0.2, -0.15) is 5.01 Å². The number of hydrogen-bond acceptors (Lipinski definition) is 4. The molecule has 1 aromatic heterocycles. The van der Waals surface area contributed by atoms with Crippen molar-refractivity contribution in [1.82, 2.24) is 15.8 Å². The third-order valence-corrected chi connectivity index (χ3v) is 7.46. The number of nitrogens with zero attached hydrogens (tertiary/aromatic N) is 1. The van der Waals surface area contributed by atoms with Crippen molar-refractivity contribution in [3.63, 3.8) is 0 Å². The van der Waals surface area contributed by atoms with Crippen molar-refractivity contribution in [2.24, 2.45) is 5.92 Å². The Morgan fingerprint density at radius 1 is 1.19 bits per heavy atom. The summed E-state index contributed by atoms with van der Waals surface area (Å²) in [6.07, 6.45) is 9.89. The molecule has 4 amide bonds. The van der Waals surface area contributed by atoms with Gasteiger partial charge >= 0.3 is 6.03 Å². The highest BCUT2D eigenvalue weighted by molar-refractivity contribution is 7.14. The molecule has 1 spiro atoms. The van der Waals surface area contributed by atoms with Gasteiger partial charge in [0.1, 0.15) is 5.54 Å². The van der Waals surface area contributed by atoms with E-state index in [9.17, 15) is 14.4 Å². The van der Waals surface area contributed by atoms with Gasteiger partial charge in [0.25, 0.3) is 11.8 Å². The predicted molar refractivity (Wildman–Crippen MR) is 103 cm³/mol. The van der Waals surface area contributed by atoms with Crippen LogP contribution in [-0.2, 0) is 17.6 Å². The Kier molecular flexibility index (Phi) is 4.97. The van der Waals surface area contributed by atoms with Gasteiger partial charge in [-0.25, -0.2) is 4.79 Å². The van der Waals surface area contributed by atoms with Crippen molar-refractivity contribution in [2.45, 2.75) is 76.7 Å².